The van der Waals surface area contributed by atoms with E-state index in [4.69, 9.17) is 0 Å². The molecule has 114 valence electrons. The van der Waals surface area contributed by atoms with Crippen molar-refractivity contribution in [2.75, 3.05) is 6.54 Å². The predicted molar refractivity (Wildman–Crippen MR) is 84.9 cm³/mol. The molecule has 1 aliphatic heterocycles. The summed E-state index contributed by atoms with van der Waals surface area (Å²) >= 11 is 0. The first-order valence-electron chi connectivity index (χ1n) is 7.19. The van der Waals surface area contributed by atoms with Crippen LogP contribution in [0.15, 0.2) is 64.2 Å². The van der Waals surface area contributed by atoms with E-state index >= 15 is 0 Å². The van der Waals surface area contributed by atoms with Gasteiger partial charge in [-0.1, -0.05) is 36.4 Å². The van der Waals surface area contributed by atoms with Gasteiger partial charge >= 0.3 is 10.0 Å². The summed E-state index contributed by atoms with van der Waals surface area (Å²) in [5.74, 6) is 0.620. The fourth-order valence-electron chi connectivity index (χ4n) is 2.48. The Labute approximate surface area is 130 Å². The van der Waals surface area contributed by atoms with Gasteiger partial charge in [-0.3, -0.25) is 0 Å². The number of benzene rings is 1. The molecule has 1 saturated heterocycles. The first kappa shape index (κ1) is 14.7. The molecule has 5 nitrogen and oxygen atoms in total. The molecule has 3 rings (SSSR count). The van der Waals surface area contributed by atoms with Gasteiger partial charge < -0.3 is 4.90 Å². The largest absolute Gasteiger partial charge is 0.355 e. The van der Waals surface area contributed by atoms with Crippen molar-refractivity contribution in [3.63, 3.8) is 0 Å². The van der Waals surface area contributed by atoms with E-state index in [1.54, 1.807) is 12.1 Å². The molecule has 1 fully saturated rings. The molecule has 0 N–H and O–H groups in total. The molecule has 1 aliphatic rings. The fraction of sp³-hybridized carbons (Fsp3) is 0.250. The van der Waals surface area contributed by atoms with Crippen LogP contribution in [0.1, 0.15) is 18.4 Å². The maximum absolute atomic E-state index is 12.3. The smallest absolute Gasteiger partial charge is 0.301 e. The van der Waals surface area contributed by atoms with Crippen LogP contribution in [0.3, 0.4) is 0 Å². The van der Waals surface area contributed by atoms with Crippen LogP contribution in [0.2, 0.25) is 0 Å². The van der Waals surface area contributed by atoms with E-state index in [0.29, 0.717) is 18.8 Å². The molecule has 2 heterocycles. The number of sulfonamides is 1. The zero-order valence-corrected chi connectivity index (χ0v) is 12.9. The minimum Gasteiger partial charge on any atom is -0.355 e. The Morgan fingerprint density at radius 3 is 2.59 bits per heavy atom. The molecule has 0 bridgehead atoms. The maximum Gasteiger partial charge on any atom is 0.301 e. The summed E-state index contributed by atoms with van der Waals surface area (Å²) in [4.78, 5) is 5.91. The second kappa shape index (κ2) is 6.27. The highest BCUT2D eigenvalue weighted by molar-refractivity contribution is 7.90. The van der Waals surface area contributed by atoms with Crippen LogP contribution in [0, 0.1) is 0 Å². The van der Waals surface area contributed by atoms with Crippen LogP contribution in [-0.4, -0.2) is 30.7 Å². The molecule has 1 aromatic heterocycles. The normalized spacial score (nSPS) is 17.1. The molecule has 0 spiro atoms. The summed E-state index contributed by atoms with van der Waals surface area (Å²) in [5, 5.41) is -0.00550. The van der Waals surface area contributed by atoms with Gasteiger partial charge in [0.05, 0.1) is 0 Å². The van der Waals surface area contributed by atoms with Crippen LogP contribution in [0.25, 0.3) is 0 Å². The van der Waals surface area contributed by atoms with E-state index in [1.165, 1.54) is 12.3 Å². The van der Waals surface area contributed by atoms with Crippen LogP contribution < -0.4 is 0 Å². The van der Waals surface area contributed by atoms with Gasteiger partial charge in [-0.05, 0) is 24.1 Å². The van der Waals surface area contributed by atoms with Crippen molar-refractivity contribution < 1.29 is 8.42 Å². The fourth-order valence-corrected chi connectivity index (χ4v) is 3.50. The second-order valence-electron chi connectivity index (χ2n) is 5.16. The van der Waals surface area contributed by atoms with Crippen molar-refractivity contribution in [1.29, 1.82) is 0 Å². The molecule has 2 aromatic rings. The van der Waals surface area contributed by atoms with Gasteiger partial charge in [-0.25, -0.2) is 4.98 Å². The Hall–Kier alpha value is -2.21. The van der Waals surface area contributed by atoms with Crippen molar-refractivity contribution in [1.82, 2.24) is 9.88 Å². The number of pyridine rings is 1. The highest BCUT2D eigenvalue weighted by Gasteiger charge is 2.23. The molecule has 0 amide bonds. The van der Waals surface area contributed by atoms with Crippen LogP contribution in [0.5, 0.6) is 0 Å². The first-order valence-corrected chi connectivity index (χ1v) is 8.63. The van der Waals surface area contributed by atoms with Crippen molar-refractivity contribution in [2.45, 2.75) is 24.4 Å². The molecule has 0 radical (unpaired) electrons. The summed E-state index contributed by atoms with van der Waals surface area (Å²) in [6, 6.07) is 14.8. The number of likely N-dealkylation sites (tertiary alicyclic amines) is 1. The zero-order valence-electron chi connectivity index (χ0n) is 12.1. The van der Waals surface area contributed by atoms with E-state index in [2.05, 4.69) is 9.38 Å². The number of hydrogen-bond acceptors (Lipinski definition) is 3. The molecule has 1 aromatic carbocycles. The minimum atomic E-state index is -3.73. The monoisotopic (exact) mass is 315 g/mol. The Morgan fingerprint density at radius 2 is 1.86 bits per heavy atom. The summed E-state index contributed by atoms with van der Waals surface area (Å²) in [5.41, 5.74) is 1.15. The van der Waals surface area contributed by atoms with Gasteiger partial charge in [-0.2, -0.15) is 8.42 Å². The molecule has 0 saturated carbocycles. The van der Waals surface area contributed by atoms with Gasteiger partial charge in [0, 0.05) is 25.7 Å². The third kappa shape index (κ3) is 3.33. The Bertz CT molecular complexity index is 758. The van der Waals surface area contributed by atoms with Crippen LogP contribution in [-0.2, 0) is 16.6 Å². The number of aromatic nitrogens is 1. The SMILES string of the molecule is O=S(=O)(/N=C1\CCCN1Cc1ccccc1)c1ccccn1. The number of amidine groups is 1. The number of nitrogens with zero attached hydrogens (tertiary/aromatic N) is 3. The predicted octanol–water partition coefficient (Wildman–Crippen LogP) is 2.46. The summed E-state index contributed by atoms with van der Waals surface area (Å²) < 4.78 is 28.6. The average Bonchev–Trinajstić information content (AvgIpc) is 2.95. The van der Waals surface area contributed by atoms with Gasteiger partial charge in [0.15, 0.2) is 5.03 Å². The van der Waals surface area contributed by atoms with Crippen LogP contribution >= 0.6 is 0 Å². The van der Waals surface area contributed by atoms with Gasteiger partial charge in [0.2, 0.25) is 0 Å². The van der Waals surface area contributed by atoms with Crippen LogP contribution in [0.4, 0.5) is 0 Å². The first-order chi connectivity index (χ1) is 10.6. The van der Waals surface area contributed by atoms with E-state index in [0.717, 1.165) is 18.5 Å². The Morgan fingerprint density at radius 1 is 1.09 bits per heavy atom. The topological polar surface area (TPSA) is 62.6 Å². The van der Waals surface area contributed by atoms with Crippen molar-refractivity contribution in [2.24, 2.45) is 4.40 Å². The van der Waals surface area contributed by atoms with Crippen molar-refractivity contribution in [3.8, 4) is 0 Å². The number of rotatable bonds is 4. The summed E-state index contributed by atoms with van der Waals surface area (Å²) in [6.07, 6.45) is 3.06. The quantitative estimate of drug-likeness (QED) is 0.869. The molecule has 0 atom stereocenters. The molecule has 22 heavy (non-hydrogen) atoms. The lowest BCUT2D eigenvalue weighted by atomic mass is 10.2. The molecule has 0 unspecified atom stereocenters. The maximum atomic E-state index is 12.3. The molecule has 0 aliphatic carbocycles. The highest BCUT2D eigenvalue weighted by Crippen LogP contribution is 2.18. The van der Waals surface area contributed by atoms with Crippen molar-refractivity contribution in [3.05, 3.63) is 60.3 Å². The molecular weight excluding hydrogens is 298 g/mol. The molecular formula is C16H17N3O2S. The lowest BCUT2D eigenvalue weighted by molar-refractivity contribution is 0.448. The van der Waals surface area contributed by atoms with Gasteiger partial charge in [-0.15, -0.1) is 4.40 Å². The standard InChI is InChI=1S/C16H17N3O2S/c20-22(21,16-10-4-5-11-17-16)18-15-9-6-12-19(15)13-14-7-2-1-3-8-14/h1-5,7-8,10-11H,6,9,12-13H2/b18-15+. The lowest BCUT2D eigenvalue weighted by Crippen LogP contribution is -2.25. The second-order valence-corrected chi connectivity index (χ2v) is 6.71. The Kier molecular flexibility index (Phi) is 4.20. The minimum absolute atomic E-state index is 0.00550. The van der Waals surface area contributed by atoms with Gasteiger partial charge in [0.25, 0.3) is 0 Å². The van der Waals surface area contributed by atoms with E-state index in [1.807, 2.05) is 35.2 Å². The third-order valence-electron chi connectivity index (χ3n) is 3.54. The lowest BCUT2D eigenvalue weighted by Gasteiger charge is -2.18. The Balaban J connectivity index is 1.84. The van der Waals surface area contributed by atoms with E-state index in [-0.39, 0.29) is 5.03 Å². The summed E-state index contributed by atoms with van der Waals surface area (Å²) in [7, 11) is -3.73. The molecule has 6 heteroatoms. The highest BCUT2D eigenvalue weighted by atomic mass is 32.2. The third-order valence-corrected chi connectivity index (χ3v) is 4.76. The van der Waals surface area contributed by atoms with Gasteiger partial charge in [0.1, 0.15) is 5.84 Å². The van der Waals surface area contributed by atoms with E-state index in [9.17, 15) is 8.42 Å². The van der Waals surface area contributed by atoms with Crippen molar-refractivity contribution >= 4 is 15.9 Å². The average molecular weight is 315 g/mol. The number of hydrogen-bond donors (Lipinski definition) is 0. The summed E-state index contributed by atoms with van der Waals surface area (Å²) in [6.45, 7) is 1.50. The van der Waals surface area contributed by atoms with E-state index < -0.39 is 10.0 Å². The zero-order chi connectivity index (χ0) is 15.4.